The molecular weight excluding hydrogens is 252 g/mol. The van der Waals surface area contributed by atoms with Crippen LogP contribution in [0.15, 0.2) is 18.2 Å². The van der Waals surface area contributed by atoms with Gasteiger partial charge in [0.2, 0.25) is 0 Å². The first-order chi connectivity index (χ1) is 9.46. The van der Waals surface area contributed by atoms with Gasteiger partial charge >= 0.3 is 0 Å². The molecule has 4 heteroatoms. The van der Waals surface area contributed by atoms with Gasteiger partial charge in [-0.25, -0.2) is 0 Å². The van der Waals surface area contributed by atoms with E-state index in [1.165, 1.54) is 6.92 Å². The summed E-state index contributed by atoms with van der Waals surface area (Å²) in [4.78, 5) is 11.4. The molecule has 110 valence electrons. The lowest BCUT2D eigenvalue weighted by Crippen LogP contribution is -2.45. The summed E-state index contributed by atoms with van der Waals surface area (Å²) in [5, 5.41) is 13.2. The van der Waals surface area contributed by atoms with E-state index in [0.29, 0.717) is 11.3 Å². The van der Waals surface area contributed by atoms with Crippen molar-refractivity contribution in [3.05, 3.63) is 23.8 Å². The number of aliphatic hydroxyl groups excluding tert-OH is 1. The van der Waals surface area contributed by atoms with Crippen LogP contribution in [-0.2, 0) is 0 Å². The van der Waals surface area contributed by atoms with Crippen LogP contribution in [0.4, 0.5) is 11.4 Å². The third-order valence-corrected chi connectivity index (χ3v) is 4.37. The molecule has 0 aromatic heterocycles. The van der Waals surface area contributed by atoms with E-state index in [-0.39, 0.29) is 17.9 Å². The van der Waals surface area contributed by atoms with Gasteiger partial charge < -0.3 is 16.2 Å². The number of nitrogens with one attached hydrogen (secondary N) is 1. The standard InChI is InChI=1S/C16H24N2O2/c1-11-5-7-16(10-19,8-6-11)18-13-3-4-14(12(2)20)15(17)9-13/h3-4,9,11,18-19H,5-8,10,17H2,1-2H3. The van der Waals surface area contributed by atoms with E-state index in [0.717, 1.165) is 37.3 Å². The van der Waals surface area contributed by atoms with E-state index >= 15 is 0 Å². The molecule has 1 aromatic carbocycles. The van der Waals surface area contributed by atoms with Gasteiger partial charge in [0.15, 0.2) is 5.78 Å². The van der Waals surface area contributed by atoms with E-state index in [2.05, 4.69) is 12.2 Å². The largest absolute Gasteiger partial charge is 0.398 e. The van der Waals surface area contributed by atoms with Crippen molar-refractivity contribution in [2.75, 3.05) is 17.7 Å². The van der Waals surface area contributed by atoms with Crippen LogP contribution in [-0.4, -0.2) is 23.0 Å². The van der Waals surface area contributed by atoms with Crippen LogP contribution in [0.1, 0.15) is 49.9 Å². The second-order valence-corrected chi connectivity index (χ2v) is 6.10. The maximum atomic E-state index is 11.4. The zero-order chi connectivity index (χ0) is 14.8. The number of carbonyl (C=O) groups is 1. The molecule has 4 N–H and O–H groups in total. The van der Waals surface area contributed by atoms with E-state index in [1.807, 2.05) is 6.07 Å². The number of Topliss-reactive ketones (excluding diaryl/α,β-unsaturated/α-hetero) is 1. The fourth-order valence-corrected chi connectivity index (χ4v) is 2.90. The Kier molecular flexibility index (Phi) is 4.33. The summed E-state index contributed by atoms with van der Waals surface area (Å²) in [5.74, 6) is 0.694. The zero-order valence-corrected chi connectivity index (χ0v) is 12.3. The Bertz CT molecular complexity index is 491. The second-order valence-electron chi connectivity index (χ2n) is 6.10. The van der Waals surface area contributed by atoms with Gasteiger partial charge in [0.05, 0.1) is 12.1 Å². The molecule has 4 nitrogen and oxygen atoms in total. The highest BCUT2D eigenvalue weighted by atomic mass is 16.3. The Hall–Kier alpha value is -1.55. The van der Waals surface area contributed by atoms with Gasteiger partial charge in [-0.2, -0.15) is 0 Å². The minimum absolute atomic E-state index is 0.0302. The van der Waals surface area contributed by atoms with Gasteiger partial charge in [0.25, 0.3) is 0 Å². The Balaban J connectivity index is 2.16. The maximum Gasteiger partial charge on any atom is 0.161 e. The Morgan fingerprint density at radius 3 is 2.60 bits per heavy atom. The van der Waals surface area contributed by atoms with Gasteiger partial charge in [0.1, 0.15) is 0 Å². The minimum Gasteiger partial charge on any atom is -0.398 e. The number of nitrogens with two attached hydrogens (primary N) is 1. The summed E-state index contributed by atoms with van der Waals surface area (Å²) in [6, 6.07) is 5.39. The monoisotopic (exact) mass is 276 g/mol. The molecule has 1 aromatic rings. The quantitative estimate of drug-likeness (QED) is 0.584. The number of ketones is 1. The van der Waals surface area contributed by atoms with Crippen LogP contribution in [0.5, 0.6) is 0 Å². The van der Waals surface area contributed by atoms with Gasteiger partial charge in [-0.15, -0.1) is 0 Å². The van der Waals surface area contributed by atoms with E-state index in [9.17, 15) is 9.90 Å². The summed E-state index contributed by atoms with van der Waals surface area (Å²) in [7, 11) is 0. The van der Waals surface area contributed by atoms with Crippen molar-refractivity contribution in [2.24, 2.45) is 5.92 Å². The molecule has 0 amide bonds. The third-order valence-electron chi connectivity index (χ3n) is 4.37. The lowest BCUT2D eigenvalue weighted by Gasteiger charge is -2.39. The van der Waals surface area contributed by atoms with Crippen LogP contribution >= 0.6 is 0 Å². The predicted molar refractivity (Wildman–Crippen MR) is 81.9 cm³/mol. The van der Waals surface area contributed by atoms with Crippen molar-refractivity contribution in [3.63, 3.8) is 0 Å². The summed E-state index contributed by atoms with van der Waals surface area (Å²) in [6.07, 6.45) is 4.15. The van der Waals surface area contributed by atoms with Crippen LogP contribution < -0.4 is 11.1 Å². The summed E-state index contributed by atoms with van der Waals surface area (Å²) < 4.78 is 0. The number of benzene rings is 1. The SMILES string of the molecule is CC(=O)c1ccc(NC2(CO)CCC(C)CC2)cc1N. The number of hydrogen-bond donors (Lipinski definition) is 3. The van der Waals surface area contributed by atoms with Crippen molar-refractivity contribution in [2.45, 2.75) is 45.1 Å². The number of rotatable bonds is 4. The fourth-order valence-electron chi connectivity index (χ4n) is 2.90. The van der Waals surface area contributed by atoms with Crippen LogP contribution in [0.2, 0.25) is 0 Å². The first-order valence-corrected chi connectivity index (χ1v) is 7.25. The molecule has 20 heavy (non-hydrogen) atoms. The van der Waals surface area contributed by atoms with Gasteiger partial charge in [-0.3, -0.25) is 4.79 Å². The zero-order valence-electron chi connectivity index (χ0n) is 12.3. The maximum absolute atomic E-state index is 11.4. The number of hydrogen-bond acceptors (Lipinski definition) is 4. The lowest BCUT2D eigenvalue weighted by molar-refractivity contribution is 0.101. The molecule has 0 spiro atoms. The summed E-state index contributed by atoms with van der Waals surface area (Å²) in [6.45, 7) is 3.88. The molecule has 1 aliphatic carbocycles. The number of carbonyl (C=O) groups excluding carboxylic acids is 1. The highest BCUT2D eigenvalue weighted by molar-refractivity contribution is 5.99. The molecule has 0 atom stereocenters. The second kappa shape index (κ2) is 5.83. The van der Waals surface area contributed by atoms with E-state index < -0.39 is 0 Å². The normalized spacial score (nSPS) is 26.2. The lowest BCUT2D eigenvalue weighted by atomic mass is 9.77. The molecule has 2 rings (SSSR count). The predicted octanol–water partition coefficient (Wildman–Crippen LogP) is 2.82. The first-order valence-electron chi connectivity index (χ1n) is 7.25. The van der Waals surface area contributed by atoms with Gasteiger partial charge in [0, 0.05) is 16.9 Å². The third kappa shape index (κ3) is 3.12. The average Bonchev–Trinajstić information content (AvgIpc) is 2.41. The average molecular weight is 276 g/mol. The molecule has 0 bridgehead atoms. The van der Waals surface area contributed by atoms with Crippen molar-refractivity contribution < 1.29 is 9.90 Å². The first kappa shape index (κ1) is 14.9. The molecule has 1 fully saturated rings. The van der Waals surface area contributed by atoms with Crippen molar-refractivity contribution in [3.8, 4) is 0 Å². The van der Waals surface area contributed by atoms with Crippen molar-refractivity contribution in [1.29, 1.82) is 0 Å². The topological polar surface area (TPSA) is 75.3 Å². The van der Waals surface area contributed by atoms with Crippen molar-refractivity contribution >= 4 is 17.2 Å². The highest BCUT2D eigenvalue weighted by Crippen LogP contribution is 2.35. The number of anilines is 2. The Morgan fingerprint density at radius 2 is 2.10 bits per heavy atom. The Labute approximate surface area is 120 Å². The van der Waals surface area contributed by atoms with Crippen LogP contribution in [0, 0.1) is 5.92 Å². The molecule has 1 aliphatic rings. The van der Waals surface area contributed by atoms with Gasteiger partial charge in [-0.1, -0.05) is 6.92 Å². The van der Waals surface area contributed by atoms with Crippen molar-refractivity contribution in [1.82, 2.24) is 0 Å². The van der Waals surface area contributed by atoms with Crippen LogP contribution in [0.3, 0.4) is 0 Å². The van der Waals surface area contributed by atoms with Crippen LogP contribution in [0.25, 0.3) is 0 Å². The molecule has 0 aliphatic heterocycles. The molecule has 0 saturated heterocycles. The minimum atomic E-state index is -0.253. The Morgan fingerprint density at radius 1 is 1.45 bits per heavy atom. The number of nitrogen functional groups attached to an aromatic ring is 1. The molecule has 1 saturated carbocycles. The van der Waals surface area contributed by atoms with E-state index in [4.69, 9.17) is 5.73 Å². The fraction of sp³-hybridized carbons (Fsp3) is 0.562. The smallest absolute Gasteiger partial charge is 0.161 e. The summed E-state index contributed by atoms with van der Waals surface area (Å²) >= 11 is 0. The molecule has 0 radical (unpaired) electrons. The molecular formula is C16H24N2O2. The van der Waals surface area contributed by atoms with Gasteiger partial charge in [-0.05, 0) is 56.7 Å². The molecule has 0 unspecified atom stereocenters. The number of aliphatic hydroxyl groups is 1. The summed E-state index contributed by atoms with van der Waals surface area (Å²) in [5.41, 5.74) is 7.56. The van der Waals surface area contributed by atoms with E-state index in [1.54, 1.807) is 12.1 Å². The highest BCUT2D eigenvalue weighted by Gasteiger charge is 2.33. The molecule has 0 heterocycles.